The molecule has 116 valence electrons. The minimum absolute atomic E-state index is 0.0134. The smallest absolute Gasteiger partial charge is 0.283 e. The van der Waals surface area contributed by atoms with Gasteiger partial charge in [0.25, 0.3) is 5.91 Å². The van der Waals surface area contributed by atoms with E-state index in [1.165, 1.54) is 24.7 Å². The first kappa shape index (κ1) is 16.4. The highest BCUT2D eigenvalue weighted by Crippen LogP contribution is 2.34. The lowest BCUT2D eigenvalue weighted by atomic mass is 10.2. The van der Waals surface area contributed by atoms with Gasteiger partial charge in [-0.15, -0.1) is 11.3 Å². The van der Waals surface area contributed by atoms with Crippen LogP contribution >= 0.6 is 27.3 Å². The van der Waals surface area contributed by atoms with Gasteiger partial charge in [-0.1, -0.05) is 0 Å². The van der Waals surface area contributed by atoms with Gasteiger partial charge in [-0.05, 0) is 47.5 Å². The van der Waals surface area contributed by atoms with E-state index in [0.717, 1.165) is 5.01 Å². The molecule has 0 unspecified atom stereocenters. The number of amides is 1. The highest BCUT2D eigenvalue weighted by atomic mass is 79.9. The summed E-state index contributed by atoms with van der Waals surface area (Å²) in [6.45, 7) is 3.63. The second kappa shape index (κ2) is 6.89. The molecule has 2 rings (SSSR count). The first-order valence-corrected chi connectivity index (χ1v) is 7.87. The molecule has 8 heteroatoms. The third-order valence-electron chi connectivity index (χ3n) is 2.76. The lowest BCUT2D eigenvalue weighted by molar-refractivity contribution is 0.0958. The van der Waals surface area contributed by atoms with Gasteiger partial charge in [-0.25, -0.2) is 10.4 Å². The molecule has 2 N–H and O–H groups in total. The highest BCUT2D eigenvalue weighted by molar-refractivity contribution is 9.10. The highest BCUT2D eigenvalue weighted by Gasteiger charge is 2.13. The number of hydrazone groups is 1. The fourth-order valence-electron chi connectivity index (χ4n) is 1.78. The van der Waals surface area contributed by atoms with Crippen molar-refractivity contribution in [2.24, 2.45) is 5.10 Å². The van der Waals surface area contributed by atoms with Crippen LogP contribution in [0.2, 0.25) is 0 Å². The predicted molar refractivity (Wildman–Crippen MR) is 89.0 cm³/mol. The number of aromatic hydroxyl groups is 1. The molecule has 0 aliphatic rings. The summed E-state index contributed by atoms with van der Waals surface area (Å²) in [5.41, 5.74) is 3.81. The van der Waals surface area contributed by atoms with Crippen molar-refractivity contribution in [2.75, 3.05) is 7.11 Å². The summed E-state index contributed by atoms with van der Waals surface area (Å²) in [7, 11) is 1.46. The van der Waals surface area contributed by atoms with Crippen LogP contribution < -0.4 is 10.2 Å². The Morgan fingerprint density at radius 2 is 2.23 bits per heavy atom. The number of carbonyl (C=O) groups is 1. The van der Waals surface area contributed by atoms with Gasteiger partial charge >= 0.3 is 0 Å². The van der Waals surface area contributed by atoms with Crippen LogP contribution in [0.4, 0.5) is 0 Å². The van der Waals surface area contributed by atoms with Crippen molar-refractivity contribution in [3.8, 4) is 11.5 Å². The van der Waals surface area contributed by atoms with E-state index in [-0.39, 0.29) is 11.7 Å². The number of hydrogen-bond donors (Lipinski definition) is 2. The topological polar surface area (TPSA) is 83.8 Å². The third-order valence-corrected chi connectivity index (χ3v) is 4.44. The number of aryl methyl sites for hydroxylation is 2. The number of halogens is 1. The SMILES string of the molecule is COc1cc(/C=N/NC(=O)c2sc(C)nc2C)cc(Br)c1O. The minimum Gasteiger partial charge on any atom is -0.503 e. The Hall–Kier alpha value is -1.93. The first-order valence-electron chi connectivity index (χ1n) is 6.26. The van der Waals surface area contributed by atoms with Crippen LogP contribution in [-0.2, 0) is 0 Å². The minimum atomic E-state index is -0.302. The molecule has 1 aromatic carbocycles. The van der Waals surface area contributed by atoms with Crippen LogP contribution in [0.5, 0.6) is 11.5 Å². The predicted octanol–water partition coefficient (Wildman–Crippen LogP) is 3.00. The van der Waals surface area contributed by atoms with Crippen molar-refractivity contribution in [1.29, 1.82) is 0 Å². The summed E-state index contributed by atoms with van der Waals surface area (Å²) in [6, 6.07) is 3.27. The van der Waals surface area contributed by atoms with Gasteiger partial charge in [0.05, 0.1) is 28.5 Å². The van der Waals surface area contributed by atoms with E-state index in [0.29, 0.717) is 26.4 Å². The van der Waals surface area contributed by atoms with Crippen LogP contribution in [0, 0.1) is 13.8 Å². The van der Waals surface area contributed by atoms with E-state index in [2.05, 4.69) is 31.4 Å². The number of ether oxygens (including phenoxy) is 1. The van der Waals surface area contributed by atoms with Crippen molar-refractivity contribution < 1.29 is 14.6 Å². The molecular formula is C14H14BrN3O3S. The molecule has 6 nitrogen and oxygen atoms in total. The average Bonchev–Trinajstić information content (AvgIpc) is 2.81. The summed E-state index contributed by atoms with van der Waals surface area (Å²) >= 11 is 4.54. The van der Waals surface area contributed by atoms with Gasteiger partial charge in [0.15, 0.2) is 11.5 Å². The maximum atomic E-state index is 12.0. The van der Waals surface area contributed by atoms with Gasteiger partial charge in [0.2, 0.25) is 0 Å². The van der Waals surface area contributed by atoms with Crippen LogP contribution in [-0.4, -0.2) is 29.3 Å². The van der Waals surface area contributed by atoms with Crippen LogP contribution in [0.1, 0.15) is 25.9 Å². The van der Waals surface area contributed by atoms with Crippen molar-refractivity contribution in [3.63, 3.8) is 0 Å². The number of benzene rings is 1. The lowest BCUT2D eigenvalue weighted by Gasteiger charge is -2.06. The Labute approximate surface area is 140 Å². The number of phenols is 1. The van der Waals surface area contributed by atoms with E-state index in [1.54, 1.807) is 19.1 Å². The second-order valence-corrected chi connectivity index (χ2v) is 6.46. The maximum absolute atomic E-state index is 12.0. The molecule has 22 heavy (non-hydrogen) atoms. The number of hydrogen-bond acceptors (Lipinski definition) is 6. The van der Waals surface area contributed by atoms with Crippen molar-refractivity contribution in [1.82, 2.24) is 10.4 Å². The van der Waals surface area contributed by atoms with Crippen LogP contribution in [0.15, 0.2) is 21.7 Å². The molecule has 0 fully saturated rings. The number of phenolic OH excluding ortho intramolecular Hbond substituents is 1. The normalized spacial score (nSPS) is 10.9. The second-order valence-electron chi connectivity index (χ2n) is 4.40. The zero-order chi connectivity index (χ0) is 16.3. The van der Waals surface area contributed by atoms with E-state index in [4.69, 9.17) is 4.74 Å². The third kappa shape index (κ3) is 3.63. The molecule has 1 amide bonds. The fourth-order valence-corrected chi connectivity index (χ4v) is 3.05. The molecule has 0 bridgehead atoms. The monoisotopic (exact) mass is 383 g/mol. The Balaban J connectivity index is 2.11. The summed E-state index contributed by atoms with van der Waals surface area (Å²) in [4.78, 5) is 16.7. The Morgan fingerprint density at radius 3 is 2.82 bits per heavy atom. The van der Waals surface area contributed by atoms with Crippen LogP contribution in [0.25, 0.3) is 0 Å². The number of nitrogens with zero attached hydrogens (tertiary/aromatic N) is 2. The largest absolute Gasteiger partial charge is 0.503 e. The standard InChI is InChI=1S/C14H14BrN3O3S/c1-7-13(22-8(2)17-7)14(20)18-16-6-9-4-10(15)12(19)11(5-9)21-3/h4-6,19H,1-3H3,(H,18,20)/b16-6+. The Kier molecular flexibility index (Phi) is 5.15. The fraction of sp³-hybridized carbons (Fsp3) is 0.214. The molecule has 0 aliphatic heterocycles. The lowest BCUT2D eigenvalue weighted by Crippen LogP contribution is -2.17. The number of aromatic nitrogens is 1. The van der Waals surface area contributed by atoms with Crippen molar-refractivity contribution >= 4 is 39.4 Å². The zero-order valence-corrected chi connectivity index (χ0v) is 14.6. The van der Waals surface area contributed by atoms with Crippen molar-refractivity contribution in [3.05, 3.63) is 37.7 Å². The van der Waals surface area contributed by atoms with E-state index in [1.807, 2.05) is 6.92 Å². The van der Waals surface area contributed by atoms with E-state index in [9.17, 15) is 9.90 Å². The van der Waals surface area contributed by atoms with E-state index >= 15 is 0 Å². The molecular weight excluding hydrogens is 370 g/mol. The van der Waals surface area contributed by atoms with Gasteiger partial charge in [-0.3, -0.25) is 4.79 Å². The Morgan fingerprint density at radius 1 is 1.50 bits per heavy atom. The summed E-state index contributed by atoms with van der Waals surface area (Å²) in [5, 5.41) is 14.5. The summed E-state index contributed by atoms with van der Waals surface area (Å²) in [5.74, 6) is 0.0275. The molecule has 1 heterocycles. The van der Waals surface area contributed by atoms with Crippen LogP contribution in [0.3, 0.4) is 0 Å². The average molecular weight is 384 g/mol. The summed E-state index contributed by atoms with van der Waals surface area (Å²) < 4.78 is 5.53. The first-order chi connectivity index (χ1) is 10.4. The molecule has 0 saturated heterocycles. The quantitative estimate of drug-likeness (QED) is 0.627. The number of nitrogens with one attached hydrogen (secondary N) is 1. The molecule has 0 radical (unpaired) electrons. The number of thiazole rings is 1. The number of rotatable bonds is 4. The number of methoxy groups -OCH3 is 1. The Bertz CT molecular complexity index is 743. The maximum Gasteiger partial charge on any atom is 0.283 e. The molecule has 0 saturated carbocycles. The molecule has 0 aliphatic carbocycles. The molecule has 1 aromatic heterocycles. The van der Waals surface area contributed by atoms with Gasteiger partial charge in [0, 0.05) is 0 Å². The number of carbonyl (C=O) groups excluding carboxylic acids is 1. The molecule has 0 atom stereocenters. The van der Waals surface area contributed by atoms with Gasteiger partial charge < -0.3 is 9.84 Å². The van der Waals surface area contributed by atoms with Gasteiger partial charge in [-0.2, -0.15) is 5.10 Å². The zero-order valence-electron chi connectivity index (χ0n) is 12.2. The molecule has 2 aromatic rings. The van der Waals surface area contributed by atoms with Gasteiger partial charge in [0.1, 0.15) is 4.88 Å². The van der Waals surface area contributed by atoms with Crippen molar-refractivity contribution in [2.45, 2.75) is 13.8 Å². The molecule has 0 spiro atoms. The summed E-state index contributed by atoms with van der Waals surface area (Å²) in [6.07, 6.45) is 1.47. The van der Waals surface area contributed by atoms with E-state index < -0.39 is 0 Å².